The topological polar surface area (TPSA) is 40.9 Å². The fourth-order valence-corrected chi connectivity index (χ4v) is 3.10. The van der Waals surface area contributed by atoms with Crippen molar-refractivity contribution in [2.75, 3.05) is 0 Å². The van der Waals surface area contributed by atoms with E-state index in [2.05, 4.69) is 6.07 Å². The second kappa shape index (κ2) is 5.52. The van der Waals surface area contributed by atoms with Gasteiger partial charge in [-0.1, -0.05) is 31.9 Å². The molecule has 19 heavy (non-hydrogen) atoms. The lowest BCUT2D eigenvalue weighted by Gasteiger charge is -2.28. The summed E-state index contributed by atoms with van der Waals surface area (Å²) < 4.78 is 13.3. The predicted molar refractivity (Wildman–Crippen MR) is 71.0 cm³/mol. The van der Waals surface area contributed by atoms with Crippen LogP contribution in [0.15, 0.2) is 24.3 Å². The lowest BCUT2D eigenvalue weighted by Crippen LogP contribution is -2.31. The van der Waals surface area contributed by atoms with Gasteiger partial charge in [-0.05, 0) is 37.0 Å². The molecule has 3 heteroatoms. The number of carbonyl (C=O) groups is 1. The van der Waals surface area contributed by atoms with Crippen molar-refractivity contribution < 1.29 is 9.18 Å². The minimum absolute atomic E-state index is 0.0272. The first kappa shape index (κ1) is 13.7. The van der Waals surface area contributed by atoms with E-state index in [9.17, 15) is 14.4 Å². The Kier molecular flexibility index (Phi) is 3.99. The van der Waals surface area contributed by atoms with Crippen molar-refractivity contribution in [3.63, 3.8) is 0 Å². The monoisotopic (exact) mass is 259 g/mol. The van der Waals surface area contributed by atoms with E-state index in [1.807, 2.05) is 6.92 Å². The highest BCUT2D eigenvalue weighted by molar-refractivity contribution is 5.93. The summed E-state index contributed by atoms with van der Waals surface area (Å²) in [4.78, 5) is 12.7. The van der Waals surface area contributed by atoms with Crippen LogP contribution in [0.5, 0.6) is 0 Å². The Morgan fingerprint density at radius 2 is 2.16 bits per heavy atom. The van der Waals surface area contributed by atoms with Crippen molar-refractivity contribution in [2.24, 2.45) is 5.41 Å². The Morgan fingerprint density at radius 3 is 2.68 bits per heavy atom. The lowest BCUT2D eigenvalue weighted by molar-refractivity contribution is -0.129. The van der Waals surface area contributed by atoms with Gasteiger partial charge in [0, 0.05) is 5.41 Å². The summed E-state index contributed by atoms with van der Waals surface area (Å²) >= 11 is 0. The number of hydrogen-bond donors (Lipinski definition) is 0. The Morgan fingerprint density at radius 1 is 1.47 bits per heavy atom. The van der Waals surface area contributed by atoms with E-state index in [4.69, 9.17) is 0 Å². The largest absolute Gasteiger partial charge is 0.297 e. The van der Waals surface area contributed by atoms with Gasteiger partial charge in [-0.2, -0.15) is 5.26 Å². The highest BCUT2D eigenvalue weighted by atomic mass is 19.1. The standard InChI is InChI=1S/C16H18FNO/c1-2-16(8-3-4-9-16)15(19)14(11-18)12-6-5-7-13(17)10-12/h5-7,10,14H,2-4,8-9H2,1H3. The molecule has 1 fully saturated rings. The van der Waals surface area contributed by atoms with Crippen molar-refractivity contribution in [1.82, 2.24) is 0 Å². The molecule has 0 N–H and O–H groups in total. The molecule has 1 aromatic carbocycles. The Hall–Kier alpha value is -1.69. The van der Waals surface area contributed by atoms with E-state index in [0.29, 0.717) is 5.56 Å². The molecule has 2 nitrogen and oxygen atoms in total. The van der Waals surface area contributed by atoms with Gasteiger partial charge in [0.1, 0.15) is 11.7 Å². The molecule has 0 spiro atoms. The molecule has 1 unspecified atom stereocenters. The molecule has 0 amide bonds. The highest BCUT2D eigenvalue weighted by Crippen LogP contribution is 2.45. The molecule has 0 saturated heterocycles. The number of hydrogen-bond acceptors (Lipinski definition) is 2. The summed E-state index contributed by atoms with van der Waals surface area (Å²) in [6.45, 7) is 2.00. The fraction of sp³-hybridized carbons (Fsp3) is 0.500. The molecular formula is C16H18FNO. The number of rotatable bonds is 4. The zero-order valence-corrected chi connectivity index (χ0v) is 11.2. The van der Waals surface area contributed by atoms with Crippen LogP contribution in [0.4, 0.5) is 4.39 Å². The van der Waals surface area contributed by atoms with Gasteiger partial charge in [0.15, 0.2) is 5.78 Å². The van der Waals surface area contributed by atoms with Crippen LogP contribution in [0.3, 0.4) is 0 Å². The molecule has 1 saturated carbocycles. The number of Topliss-reactive ketones (excluding diaryl/α,β-unsaturated/α-hetero) is 1. The quantitative estimate of drug-likeness (QED) is 0.820. The molecule has 0 bridgehead atoms. The van der Waals surface area contributed by atoms with Crippen molar-refractivity contribution in [1.29, 1.82) is 5.26 Å². The Bertz CT molecular complexity index is 512. The molecular weight excluding hydrogens is 241 g/mol. The third kappa shape index (κ3) is 2.53. The van der Waals surface area contributed by atoms with Crippen LogP contribution in [0.25, 0.3) is 0 Å². The van der Waals surface area contributed by atoms with E-state index >= 15 is 0 Å². The minimum Gasteiger partial charge on any atom is -0.297 e. The first-order valence-corrected chi connectivity index (χ1v) is 6.82. The van der Waals surface area contributed by atoms with Gasteiger partial charge >= 0.3 is 0 Å². The summed E-state index contributed by atoms with van der Waals surface area (Å²) in [7, 11) is 0. The summed E-state index contributed by atoms with van der Waals surface area (Å²) in [5.41, 5.74) is 0.111. The van der Waals surface area contributed by atoms with Gasteiger partial charge < -0.3 is 0 Å². The van der Waals surface area contributed by atoms with Gasteiger partial charge in [-0.15, -0.1) is 0 Å². The number of benzene rings is 1. The normalized spacial score (nSPS) is 18.8. The molecule has 0 heterocycles. The van der Waals surface area contributed by atoms with Gasteiger partial charge in [-0.25, -0.2) is 4.39 Å². The van der Waals surface area contributed by atoms with Crippen LogP contribution in [0, 0.1) is 22.6 Å². The summed E-state index contributed by atoms with van der Waals surface area (Å²) in [5.74, 6) is -1.27. The van der Waals surface area contributed by atoms with Gasteiger partial charge in [0.05, 0.1) is 6.07 Å². The number of ketones is 1. The van der Waals surface area contributed by atoms with Crippen LogP contribution in [0.1, 0.15) is 50.5 Å². The zero-order chi connectivity index (χ0) is 13.9. The molecule has 2 rings (SSSR count). The maximum absolute atomic E-state index is 13.3. The van der Waals surface area contributed by atoms with Crippen molar-refractivity contribution >= 4 is 5.78 Å². The van der Waals surface area contributed by atoms with Crippen LogP contribution < -0.4 is 0 Å². The predicted octanol–water partition coefficient (Wildman–Crippen LogP) is 3.97. The van der Waals surface area contributed by atoms with E-state index in [0.717, 1.165) is 32.1 Å². The number of carbonyl (C=O) groups excluding carboxylic acids is 1. The van der Waals surface area contributed by atoms with Gasteiger partial charge in [0.2, 0.25) is 0 Å². The van der Waals surface area contributed by atoms with Crippen LogP contribution in [-0.4, -0.2) is 5.78 Å². The third-order valence-corrected chi connectivity index (χ3v) is 4.33. The maximum Gasteiger partial charge on any atom is 0.160 e. The van der Waals surface area contributed by atoms with Crippen LogP contribution in [0.2, 0.25) is 0 Å². The first-order chi connectivity index (χ1) is 9.13. The molecule has 1 aromatic rings. The first-order valence-electron chi connectivity index (χ1n) is 6.82. The number of nitrogens with zero attached hydrogens (tertiary/aromatic N) is 1. The maximum atomic E-state index is 13.3. The smallest absolute Gasteiger partial charge is 0.160 e. The van der Waals surface area contributed by atoms with Crippen LogP contribution in [-0.2, 0) is 4.79 Å². The van der Waals surface area contributed by atoms with Gasteiger partial charge in [-0.3, -0.25) is 4.79 Å². The molecule has 1 aliphatic carbocycles. The molecule has 1 atom stereocenters. The number of nitriles is 1. The molecule has 0 radical (unpaired) electrons. The Balaban J connectivity index is 2.32. The molecule has 1 aliphatic rings. The lowest BCUT2D eigenvalue weighted by atomic mass is 9.73. The average Bonchev–Trinajstić information content (AvgIpc) is 2.89. The third-order valence-electron chi connectivity index (χ3n) is 4.33. The van der Waals surface area contributed by atoms with E-state index in [1.165, 1.54) is 12.1 Å². The summed E-state index contributed by atoms with van der Waals surface area (Å²) in [6, 6.07) is 7.90. The van der Waals surface area contributed by atoms with E-state index in [-0.39, 0.29) is 11.2 Å². The summed E-state index contributed by atoms with van der Waals surface area (Å²) in [6.07, 6.45) is 4.56. The second-order valence-corrected chi connectivity index (χ2v) is 5.32. The zero-order valence-electron chi connectivity index (χ0n) is 11.2. The minimum atomic E-state index is -0.839. The van der Waals surface area contributed by atoms with Crippen molar-refractivity contribution in [3.8, 4) is 6.07 Å². The second-order valence-electron chi connectivity index (χ2n) is 5.32. The Labute approximate surface area is 113 Å². The molecule has 0 aliphatic heterocycles. The van der Waals surface area contributed by atoms with Crippen LogP contribution >= 0.6 is 0 Å². The van der Waals surface area contributed by atoms with Gasteiger partial charge in [0.25, 0.3) is 0 Å². The SMILES string of the molecule is CCC1(C(=O)C(C#N)c2cccc(F)c2)CCCC1. The summed E-state index contributed by atoms with van der Waals surface area (Å²) in [5, 5.41) is 9.32. The van der Waals surface area contributed by atoms with Crippen molar-refractivity contribution in [3.05, 3.63) is 35.6 Å². The fourth-order valence-electron chi connectivity index (χ4n) is 3.10. The molecule has 100 valence electrons. The van der Waals surface area contributed by atoms with E-state index in [1.54, 1.807) is 12.1 Å². The average molecular weight is 259 g/mol. The molecule has 0 aromatic heterocycles. The highest BCUT2D eigenvalue weighted by Gasteiger charge is 2.43. The number of halogens is 1. The van der Waals surface area contributed by atoms with E-state index < -0.39 is 11.7 Å². The van der Waals surface area contributed by atoms with Crippen molar-refractivity contribution in [2.45, 2.75) is 44.9 Å².